The molecule has 134 valence electrons. The Kier molecular flexibility index (Phi) is 4.56. The molecule has 0 aliphatic rings. The topological polar surface area (TPSA) is 56.5 Å². The second kappa shape index (κ2) is 7.17. The standard InChI is InChI=1S/C21H17N3O2S/c1-14-18(10-5-15-4-3-11-22-12-15)23-21-24(20(14)25)19(13-27-21)16-6-8-17(26-2)9-7-16/h3-13H,1-2H3/b10-5+. The van der Waals surface area contributed by atoms with Crippen LogP contribution in [0.3, 0.4) is 0 Å². The van der Waals surface area contributed by atoms with E-state index in [-0.39, 0.29) is 5.56 Å². The van der Waals surface area contributed by atoms with E-state index in [2.05, 4.69) is 9.97 Å². The smallest absolute Gasteiger partial charge is 0.262 e. The molecule has 3 aromatic heterocycles. The van der Waals surface area contributed by atoms with E-state index in [1.807, 2.05) is 53.9 Å². The molecule has 4 aromatic rings. The van der Waals surface area contributed by atoms with Gasteiger partial charge in [0.15, 0.2) is 4.96 Å². The number of aromatic nitrogens is 3. The monoisotopic (exact) mass is 375 g/mol. The number of hydrogen-bond acceptors (Lipinski definition) is 5. The lowest BCUT2D eigenvalue weighted by Crippen LogP contribution is -2.18. The van der Waals surface area contributed by atoms with E-state index in [4.69, 9.17) is 4.74 Å². The van der Waals surface area contributed by atoms with E-state index < -0.39 is 0 Å². The predicted molar refractivity (Wildman–Crippen MR) is 109 cm³/mol. The Labute approximate surface area is 160 Å². The van der Waals surface area contributed by atoms with Crippen LogP contribution in [0, 0.1) is 6.92 Å². The summed E-state index contributed by atoms with van der Waals surface area (Å²) in [6, 6.07) is 11.5. The van der Waals surface area contributed by atoms with Crippen LogP contribution in [0.2, 0.25) is 0 Å². The zero-order chi connectivity index (χ0) is 18.8. The van der Waals surface area contributed by atoms with Gasteiger partial charge in [-0.15, -0.1) is 11.3 Å². The average Bonchev–Trinajstić information content (AvgIpc) is 3.14. The van der Waals surface area contributed by atoms with Crippen molar-refractivity contribution < 1.29 is 4.74 Å². The van der Waals surface area contributed by atoms with Gasteiger partial charge >= 0.3 is 0 Å². The van der Waals surface area contributed by atoms with Crippen LogP contribution in [0.1, 0.15) is 16.8 Å². The number of hydrogen-bond donors (Lipinski definition) is 0. The number of rotatable bonds is 4. The molecule has 0 aliphatic carbocycles. The molecule has 0 fully saturated rings. The van der Waals surface area contributed by atoms with Crippen LogP contribution in [0.25, 0.3) is 28.4 Å². The van der Waals surface area contributed by atoms with E-state index in [0.29, 0.717) is 16.2 Å². The lowest BCUT2D eigenvalue weighted by atomic mass is 10.1. The van der Waals surface area contributed by atoms with Crippen LogP contribution < -0.4 is 10.3 Å². The van der Waals surface area contributed by atoms with Crippen LogP contribution in [0.4, 0.5) is 0 Å². The van der Waals surface area contributed by atoms with Crippen molar-refractivity contribution >= 4 is 28.4 Å². The molecular formula is C21H17N3O2S. The van der Waals surface area contributed by atoms with Gasteiger partial charge in [-0.2, -0.15) is 0 Å². The molecule has 6 heteroatoms. The van der Waals surface area contributed by atoms with Crippen molar-refractivity contribution in [2.75, 3.05) is 7.11 Å². The molecule has 27 heavy (non-hydrogen) atoms. The first-order chi connectivity index (χ1) is 13.2. The second-order valence-corrected chi connectivity index (χ2v) is 6.85. The molecule has 0 saturated heterocycles. The Hall–Kier alpha value is -3.25. The first-order valence-electron chi connectivity index (χ1n) is 8.41. The second-order valence-electron chi connectivity index (χ2n) is 6.01. The highest BCUT2D eigenvalue weighted by Gasteiger charge is 2.13. The molecule has 0 N–H and O–H groups in total. The number of pyridine rings is 1. The Balaban J connectivity index is 1.79. The fourth-order valence-corrected chi connectivity index (χ4v) is 3.72. The van der Waals surface area contributed by atoms with Gasteiger partial charge in [0.25, 0.3) is 5.56 Å². The first-order valence-corrected chi connectivity index (χ1v) is 9.29. The lowest BCUT2D eigenvalue weighted by Gasteiger charge is -2.06. The van der Waals surface area contributed by atoms with Crippen molar-refractivity contribution in [3.8, 4) is 17.0 Å². The zero-order valence-electron chi connectivity index (χ0n) is 14.9. The summed E-state index contributed by atoms with van der Waals surface area (Å²) in [6.45, 7) is 1.81. The maximum atomic E-state index is 13.0. The summed E-state index contributed by atoms with van der Waals surface area (Å²) in [5.74, 6) is 0.780. The van der Waals surface area contributed by atoms with Crippen molar-refractivity contribution in [2.24, 2.45) is 0 Å². The van der Waals surface area contributed by atoms with E-state index in [1.165, 1.54) is 11.3 Å². The number of ether oxygens (including phenoxy) is 1. The SMILES string of the molecule is COc1ccc(-c2csc3nc(/C=C/c4cccnc4)c(C)c(=O)n23)cc1. The maximum Gasteiger partial charge on any atom is 0.262 e. The van der Waals surface area contributed by atoms with Crippen LogP contribution in [-0.2, 0) is 0 Å². The molecule has 0 radical (unpaired) electrons. The largest absolute Gasteiger partial charge is 0.497 e. The molecule has 4 rings (SSSR count). The van der Waals surface area contributed by atoms with Crippen molar-refractivity contribution in [1.29, 1.82) is 0 Å². The molecule has 3 heterocycles. The van der Waals surface area contributed by atoms with Gasteiger partial charge in [-0.1, -0.05) is 12.1 Å². The van der Waals surface area contributed by atoms with Crippen LogP contribution in [0.15, 0.2) is 59.0 Å². The van der Waals surface area contributed by atoms with Crippen molar-refractivity contribution in [1.82, 2.24) is 14.4 Å². The minimum absolute atomic E-state index is 0.0575. The minimum atomic E-state index is -0.0575. The van der Waals surface area contributed by atoms with Gasteiger partial charge in [0.2, 0.25) is 0 Å². The highest BCUT2D eigenvalue weighted by atomic mass is 32.1. The molecule has 0 amide bonds. The highest BCUT2D eigenvalue weighted by molar-refractivity contribution is 7.15. The van der Waals surface area contributed by atoms with Crippen molar-refractivity contribution in [3.63, 3.8) is 0 Å². The Bertz CT molecular complexity index is 1180. The third-order valence-electron chi connectivity index (χ3n) is 4.34. The van der Waals surface area contributed by atoms with Crippen molar-refractivity contribution in [2.45, 2.75) is 6.92 Å². The van der Waals surface area contributed by atoms with Gasteiger partial charge in [-0.25, -0.2) is 4.98 Å². The van der Waals surface area contributed by atoms with Crippen molar-refractivity contribution in [3.05, 3.63) is 81.3 Å². The van der Waals surface area contributed by atoms with Crippen LogP contribution in [-0.4, -0.2) is 21.5 Å². The summed E-state index contributed by atoms with van der Waals surface area (Å²) in [5, 5.41) is 1.96. The van der Waals surface area contributed by atoms with Gasteiger partial charge in [-0.05, 0) is 54.5 Å². The van der Waals surface area contributed by atoms with Crippen LogP contribution >= 0.6 is 11.3 Å². The van der Waals surface area contributed by atoms with E-state index >= 15 is 0 Å². The predicted octanol–water partition coefficient (Wildman–Crippen LogP) is 4.31. The molecule has 0 aliphatic heterocycles. The van der Waals surface area contributed by atoms with E-state index in [0.717, 1.165) is 22.6 Å². The van der Waals surface area contributed by atoms with Gasteiger partial charge in [0, 0.05) is 23.3 Å². The molecule has 0 spiro atoms. The molecule has 1 aromatic carbocycles. The van der Waals surface area contributed by atoms with E-state index in [1.54, 1.807) is 30.8 Å². The number of benzene rings is 1. The van der Waals surface area contributed by atoms with Crippen LogP contribution in [0.5, 0.6) is 5.75 Å². The summed E-state index contributed by atoms with van der Waals surface area (Å²) in [7, 11) is 1.63. The summed E-state index contributed by atoms with van der Waals surface area (Å²) in [4.78, 5) is 22.4. The Morgan fingerprint density at radius 1 is 1.15 bits per heavy atom. The average molecular weight is 375 g/mol. The first kappa shape index (κ1) is 17.2. The van der Waals surface area contributed by atoms with E-state index in [9.17, 15) is 4.79 Å². The number of thiazole rings is 1. The molecule has 0 unspecified atom stereocenters. The zero-order valence-corrected chi connectivity index (χ0v) is 15.7. The lowest BCUT2D eigenvalue weighted by molar-refractivity contribution is 0.415. The molecular weight excluding hydrogens is 358 g/mol. The molecule has 0 bridgehead atoms. The maximum absolute atomic E-state index is 13.0. The van der Waals surface area contributed by atoms with Gasteiger partial charge in [0.1, 0.15) is 5.75 Å². The third kappa shape index (κ3) is 3.27. The third-order valence-corrected chi connectivity index (χ3v) is 5.16. The fraction of sp³-hybridized carbons (Fsp3) is 0.0952. The minimum Gasteiger partial charge on any atom is -0.497 e. The van der Waals surface area contributed by atoms with Gasteiger partial charge < -0.3 is 4.74 Å². The van der Waals surface area contributed by atoms with Gasteiger partial charge in [-0.3, -0.25) is 14.2 Å². The number of nitrogens with zero attached hydrogens (tertiary/aromatic N) is 3. The summed E-state index contributed by atoms with van der Waals surface area (Å²) >= 11 is 1.45. The molecule has 5 nitrogen and oxygen atoms in total. The Morgan fingerprint density at radius 3 is 2.67 bits per heavy atom. The Morgan fingerprint density at radius 2 is 1.96 bits per heavy atom. The van der Waals surface area contributed by atoms with Gasteiger partial charge in [0.05, 0.1) is 18.5 Å². The molecule has 0 atom stereocenters. The fourth-order valence-electron chi connectivity index (χ4n) is 2.82. The summed E-state index contributed by atoms with van der Waals surface area (Å²) in [6.07, 6.45) is 7.27. The summed E-state index contributed by atoms with van der Waals surface area (Å²) in [5.41, 5.74) is 3.97. The number of fused-ring (bicyclic) bond motifs is 1. The highest BCUT2D eigenvalue weighted by Crippen LogP contribution is 2.26. The quantitative estimate of drug-likeness (QED) is 0.533. The summed E-state index contributed by atoms with van der Waals surface area (Å²) < 4.78 is 6.88. The molecule has 0 saturated carbocycles. The normalized spacial score (nSPS) is 11.3. The number of methoxy groups -OCH3 is 1.